The molecule has 0 spiro atoms. The van der Waals surface area contributed by atoms with Crippen molar-refractivity contribution in [3.05, 3.63) is 70.3 Å². The fourth-order valence-corrected chi connectivity index (χ4v) is 2.36. The molecule has 0 atom stereocenters. The van der Waals surface area contributed by atoms with Gasteiger partial charge in [-0.1, -0.05) is 42.5 Å². The minimum Gasteiger partial charge on any atom is -0.380 e. The molecular formula is C18H23NO. The fourth-order valence-electron chi connectivity index (χ4n) is 2.36. The number of methoxy groups -OCH3 is 1. The summed E-state index contributed by atoms with van der Waals surface area (Å²) in [5.74, 6) is 0. The summed E-state index contributed by atoms with van der Waals surface area (Å²) in [6.07, 6.45) is 0. The summed E-state index contributed by atoms with van der Waals surface area (Å²) in [6, 6.07) is 14.9. The van der Waals surface area contributed by atoms with Crippen molar-refractivity contribution in [1.29, 1.82) is 0 Å². The van der Waals surface area contributed by atoms with Gasteiger partial charge in [0.15, 0.2) is 0 Å². The van der Waals surface area contributed by atoms with Crippen LogP contribution >= 0.6 is 0 Å². The quantitative estimate of drug-likeness (QED) is 0.862. The van der Waals surface area contributed by atoms with Crippen LogP contribution in [0, 0.1) is 13.8 Å². The molecule has 0 saturated heterocycles. The highest BCUT2D eigenvalue weighted by Gasteiger charge is 2.03. The van der Waals surface area contributed by atoms with Gasteiger partial charge < -0.3 is 10.1 Å². The van der Waals surface area contributed by atoms with Crippen LogP contribution in [0.15, 0.2) is 42.5 Å². The van der Waals surface area contributed by atoms with Crippen LogP contribution in [-0.2, 0) is 24.4 Å². The van der Waals surface area contributed by atoms with E-state index in [9.17, 15) is 0 Å². The third kappa shape index (κ3) is 3.69. The molecule has 0 aliphatic carbocycles. The van der Waals surface area contributed by atoms with Gasteiger partial charge in [-0.25, -0.2) is 0 Å². The van der Waals surface area contributed by atoms with Crippen LogP contribution in [0.4, 0.5) is 0 Å². The monoisotopic (exact) mass is 269 g/mol. The molecule has 0 heterocycles. The zero-order chi connectivity index (χ0) is 14.4. The van der Waals surface area contributed by atoms with Crippen LogP contribution in [0.25, 0.3) is 0 Å². The van der Waals surface area contributed by atoms with Crippen molar-refractivity contribution in [2.24, 2.45) is 0 Å². The molecule has 2 rings (SSSR count). The van der Waals surface area contributed by atoms with Crippen molar-refractivity contribution in [2.75, 3.05) is 7.11 Å². The molecule has 2 aromatic rings. The van der Waals surface area contributed by atoms with Crippen molar-refractivity contribution in [3.63, 3.8) is 0 Å². The first kappa shape index (κ1) is 14.8. The minimum absolute atomic E-state index is 0.668. The summed E-state index contributed by atoms with van der Waals surface area (Å²) in [5.41, 5.74) is 6.66. The highest BCUT2D eigenvalue weighted by atomic mass is 16.5. The first-order valence-electron chi connectivity index (χ1n) is 7.04. The van der Waals surface area contributed by atoms with E-state index in [0.717, 1.165) is 13.1 Å². The van der Waals surface area contributed by atoms with Crippen LogP contribution in [0.5, 0.6) is 0 Å². The lowest BCUT2D eigenvalue weighted by Gasteiger charge is -2.12. The number of hydrogen-bond acceptors (Lipinski definition) is 2. The van der Waals surface area contributed by atoms with Crippen LogP contribution in [0.3, 0.4) is 0 Å². The number of nitrogens with one attached hydrogen (secondary N) is 1. The second kappa shape index (κ2) is 7.22. The molecule has 0 unspecified atom stereocenters. The van der Waals surface area contributed by atoms with E-state index in [2.05, 4.69) is 61.6 Å². The molecule has 0 aliphatic rings. The third-order valence-electron chi connectivity index (χ3n) is 3.77. The number of rotatable bonds is 6. The van der Waals surface area contributed by atoms with Crippen LogP contribution in [0.1, 0.15) is 27.8 Å². The van der Waals surface area contributed by atoms with Crippen molar-refractivity contribution in [1.82, 2.24) is 5.32 Å². The molecule has 0 aromatic heterocycles. The Morgan fingerprint density at radius 1 is 0.850 bits per heavy atom. The number of hydrogen-bond donors (Lipinski definition) is 1. The highest BCUT2D eigenvalue weighted by Crippen LogP contribution is 2.13. The maximum Gasteiger partial charge on any atom is 0.0716 e. The number of benzene rings is 2. The first-order valence-corrected chi connectivity index (χ1v) is 7.04. The van der Waals surface area contributed by atoms with E-state index in [4.69, 9.17) is 4.74 Å². The predicted molar refractivity (Wildman–Crippen MR) is 83.6 cm³/mol. The van der Waals surface area contributed by atoms with Gasteiger partial charge in [0, 0.05) is 20.2 Å². The van der Waals surface area contributed by atoms with Gasteiger partial charge in [-0.3, -0.25) is 0 Å². The Bertz CT molecular complexity index is 563. The molecule has 2 aromatic carbocycles. The Morgan fingerprint density at radius 2 is 1.50 bits per heavy atom. The second-order valence-electron chi connectivity index (χ2n) is 5.16. The van der Waals surface area contributed by atoms with Gasteiger partial charge in [0.05, 0.1) is 6.61 Å². The van der Waals surface area contributed by atoms with E-state index in [1.54, 1.807) is 7.11 Å². The molecule has 2 heteroatoms. The zero-order valence-corrected chi connectivity index (χ0v) is 12.6. The molecule has 0 amide bonds. The molecule has 2 nitrogen and oxygen atoms in total. The van der Waals surface area contributed by atoms with Gasteiger partial charge in [0.25, 0.3) is 0 Å². The molecule has 0 aliphatic heterocycles. The third-order valence-corrected chi connectivity index (χ3v) is 3.77. The lowest BCUT2D eigenvalue weighted by Crippen LogP contribution is -2.15. The Hall–Kier alpha value is -1.64. The average Bonchev–Trinajstić information content (AvgIpc) is 2.45. The summed E-state index contributed by atoms with van der Waals surface area (Å²) < 4.78 is 5.24. The smallest absolute Gasteiger partial charge is 0.0716 e. The van der Waals surface area contributed by atoms with Gasteiger partial charge in [0.1, 0.15) is 0 Å². The van der Waals surface area contributed by atoms with Crippen LogP contribution in [-0.4, -0.2) is 7.11 Å². The molecule has 0 saturated carbocycles. The van der Waals surface area contributed by atoms with E-state index in [1.165, 1.54) is 27.8 Å². The van der Waals surface area contributed by atoms with Gasteiger partial charge in [-0.05, 0) is 41.7 Å². The molecule has 1 N–H and O–H groups in total. The zero-order valence-electron chi connectivity index (χ0n) is 12.6. The normalized spacial score (nSPS) is 10.8. The largest absolute Gasteiger partial charge is 0.380 e. The van der Waals surface area contributed by atoms with Gasteiger partial charge in [-0.2, -0.15) is 0 Å². The topological polar surface area (TPSA) is 21.3 Å². The average molecular weight is 269 g/mol. The maximum absolute atomic E-state index is 5.24. The molecule has 20 heavy (non-hydrogen) atoms. The standard InChI is InChI=1S/C18H23NO/c1-14-7-6-10-16(15(14)2)11-19-12-17-8-4-5-9-18(17)13-20-3/h4-10,19H,11-13H2,1-3H3. The van der Waals surface area contributed by atoms with E-state index in [-0.39, 0.29) is 0 Å². The lowest BCUT2D eigenvalue weighted by atomic mass is 10.0. The SMILES string of the molecule is COCc1ccccc1CNCc1cccc(C)c1C. The summed E-state index contributed by atoms with van der Waals surface area (Å²) in [7, 11) is 1.74. The summed E-state index contributed by atoms with van der Waals surface area (Å²) in [4.78, 5) is 0. The molecule has 0 radical (unpaired) electrons. The molecule has 0 bridgehead atoms. The number of aryl methyl sites for hydroxylation is 1. The second-order valence-corrected chi connectivity index (χ2v) is 5.16. The maximum atomic E-state index is 5.24. The highest BCUT2D eigenvalue weighted by molar-refractivity contribution is 5.33. The van der Waals surface area contributed by atoms with Crippen molar-refractivity contribution >= 4 is 0 Å². The Morgan fingerprint density at radius 3 is 2.25 bits per heavy atom. The van der Waals surface area contributed by atoms with Crippen molar-refractivity contribution < 1.29 is 4.74 Å². The molecular weight excluding hydrogens is 246 g/mol. The molecule has 106 valence electrons. The van der Waals surface area contributed by atoms with Crippen molar-refractivity contribution in [3.8, 4) is 0 Å². The van der Waals surface area contributed by atoms with E-state index in [1.807, 2.05) is 0 Å². The summed E-state index contributed by atoms with van der Waals surface area (Å²) >= 11 is 0. The Labute approximate surface area is 121 Å². The predicted octanol–water partition coefficient (Wildman–Crippen LogP) is 3.74. The number of ether oxygens (including phenoxy) is 1. The van der Waals surface area contributed by atoms with Gasteiger partial charge >= 0.3 is 0 Å². The van der Waals surface area contributed by atoms with Crippen molar-refractivity contribution in [2.45, 2.75) is 33.5 Å². The Balaban J connectivity index is 1.98. The van der Waals surface area contributed by atoms with Crippen LogP contribution < -0.4 is 5.32 Å². The lowest BCUT2D eigenvalue weighted by molar-refractivity contribution is 0.184. The fraction of sp³-hybridized carbons (Fsp3) is 0.333. The van der Waals surface area contributed by atoms with E-state index >= 15 is 0 Å². The van der Waals surface area contributed by atoms with Crippen LogP contribution in [0.2, 0.25) is 0 Å². The molecule has 0 fully saturated rings. The summed E-state index contributed by atoms with van der Waals surface area (Å²) in [6.45, 7) is 6.78. The van der Waals surface area contributed by atoms with E-state index < -0.39 is 0 Å². The van der Waals surface area contributed by atoms with Gasteiger partial charge in [-0.15, -0.1) is 0 Å². The first-order chi connectivity index (χ1) is 9.72. The Kier molecular flexibility index (Phi) is 5.33. The summed E-state index contributed by atoms with van der Waals surface area (Å²) in [5, 5.41) is 3.53. The minimum atomic E-state index is 0.668. The van der Waals surface area contributed by atoms with E-state index in [0.29, 0.717) is 6.61 Å². The van der Waals surface area contributed by atoms with Gasteiger partial charge in [0.2, 0.25) is 0 Å².